The molecule has 2 heterocycles. The van der Waals surface area contributed by atoms with Crippen LogP contribution in [0.3, 0.4) is 0 Å². The molecule has 0 unspecified atom stereocenters. The third-order valence-corrected chi connectivity index (χ3v) is 3.90. The zero-order chi connectivity index (χ0) is 13.2. The van der Waals surface area contributed by atoms with Gasteiger partial charge in [0.15, 0.2) is 0 Å². The van der Waals surface area contributed by atoms with Crippen molar-refractivity contribution in [3.8, 4) is 0 Å². The van der Waals surface area contributed by atoms with Crippen LogP contribution in [-0.4, -0.2) is 35.8 Å². The quantitative estimate of drug-likeness (QED) is 0.768. The van der Waals surface area contributed by atoms with Crippen LogP contribution in [0.15, 0.2) is 30.3 Å². The Morgan fingerprint density at radius 1 is 1.32 bits per heavy atom. The first kappa shape index (κ1) is 12.5. The number of nitrogens with zero attached hydrogens (tertiary/aromatic N) is 1. The minimum Gasteiger partial charge on any atom is -0.445 e. The van der Waals surface area contributed by atoms with Gasteiger partial charge >= 0.3 is 6.09 Å². The number of rotatable bonds is 2. The van der Waals surface area contributed by atoms with Crippen LogP contribution in [0.1, 0.15) is 25.3 Å². The van der Waals surface area contributed by atoms with E-state index in [0.717, 1.165) is 18.4 Å². The zero-order valence-corrected chi connectivity index (χ0v) is 11.1. The van der Waals surface area contributed by atoms with E-state index in [9.17, 15) is 4.79 Å². The van der Waals surface area contributed by atoms with E-state index >= 15 is 0 Å². The first-order valence-corrected chi connectivity index (χ1v) is 6.87. The van der Waals surface area contributed by atoms with E-state index in [1.807, 2.05) is 30.3 Å². The van der Waals surface area contributed by atoms with E-state index in [-0.39, 0.29) is 18.2 Å². The number of carbonyl (C=O) groups is 1. The molecule has 0 saturated carbocycles. The van der Waals surface area contributed by atoms with Crippen molar-refractivity contribution in [2.45, 2.75) is 44.6 Å². The molecule has 2 fully saturated rings. The Labute approximate surface area is 113 Å². The summed E-state index contributed by atoms with van der Waals surface area (Å²) in [5.41, 5.74) is 1.01. The molecule has 1 aromatic rings. The van der Waals surface area contributed by atoms with E-state index in [2.05, 4.69) is 6.92 Å². The SMILES string of the molecule is C[C@@H]1CC[C@@H]2O[C@H]2CN1C(=O)OCc1ccccc1. The zero-order valence-electron chi connectivity index (χ0n) is 11.1. The third-order valence-electron chi connectivity index (χ3n) is 3.90. The number of amides is 1. The number of hydrogen-bond donors (Lipinski definition) is 0. The van der Waals surface area contributed by atoms with Gasteiger partial charge in [0.05, 0.1) is 12.6 Å². The molecule has 2 aliphatic rings. The molecule has 0 spiro atoms. The predicted octanol–water partition coefficient (Wildman–Crippen LogP) is 2.57. The second-order valence-corrected chi connectivity index (χ2v) is 5.33. The summed E-state index contributed by atoms with van der Waals surface area (Å²) < 4.78 is 10.9. The van der Waals surface area contributed by atoms with Crippen molar-refractivity contribution in [1.29, 1.82) is 0 Å². The highest BCUT2D eigenvalue weighted by Gasteiger charge is 2.44. The van der Waals surface area contributed by atoms with Crippen LogP contribution < -0.4 is 0 Å². The van der Waals surface area contributed by atoms with E-state index in [0.29, 0.717) is 19.3 Å². The summed E-state index contributed by atoms with van der Waals surface area (Å²) in [6.07, 6.45) is 2.41. The van der Waals surface area contributed by atoms with Gasteiger partial charge in [0.25, 0.3) is 0 Å². The Kier molecular flexibility index (Phi) is 3.42. The molecule has 0 radical (unpaired) electrons. The van der Waals surface area contributed by atoms with Crippen molar-refractivity contribution >= 4 is 6.09 Å². The summed E-state index contributed by atoms with van der Waals surface area (Å²) in [5, 5.41) is 0. The molecular weight excluding hydrogens is 242 g/mol. The molecule has 3 atom stereocenters. The highest BCUT2D eigenvalue weighted by Crippen LogP contribution is 2.32. The van der Waals surface area contributed by atoms with E-state index in [1.165, 1.54) is 0 Å². The van der Waals surface area contributed by atoms with Gasteiger partial charge in [-0.25, -0.2) is 4.79 Å². The number of epoxide rings is 1. The van der Waals surface area contributed by atoms with Gasteiger partial charge in [0, 0.05) is 6.04 Å². The lowest BCUT2D eigenvalue weighted by Gasteiger charge is -2.26. The number of fused-ring (bicyclic) bond motifs is 1. The van der Waals surface area contributed by atoms with Crippen LogP contribution >= 0.6 is 0 Å². The number of likely N-dealkylation sites (tertiary alicyclic amines) is 1. The van der Waals surface area contributed by atoms with Crippen LogP contribution in [0.25, 0.3) is 0 Å². The second-order valence-electron chi connectivity index (χ2n) is 5.33. The van der Waals surface area contributed by atoms with Crippen LogP contribution in [0.4, 0.5) is 4.79 Å². The minimum atomic E-state index is -0.229. The van der Waals surface area contributed by atoms with Gasteiger partial charge in [-0.2, -0.15) is 0 Å². The number of carbonyl (C=O) groups excluding carboxylic acids is 1. The molecule has 2 aliphatic heterocycles. The molecule has 19 heavy (non-hydrogen) atoms. The summed E-state index contributed by atoms with van der Waals surface area (Å²) in [7, 11) is 0. The molecule has 0 aromatic heterocycles. The number of benzene rings is 1. The summed E-state index contributed by atoms with van der Waals surface area (Å²) in [4.78, 5) is 14.0. The molecule has 1 amide bonds. The molecule has 4 nitrogen and oxygen atoms in total. The molecule has 4 heteroatoms. The standard InChI is InChI=1S/C15H19NO3/c1-11-7-8-13-14(19-13)9-16(11)15(17)18-10-12-5-3-2-4-6-12/h2-6,11,13-14H,7-10H2,1H3/t11-,13+,14+/m1/s1. The van der Waals surface area contributed by atoms with E-state index in [1.54, 1.807) is 4.90 Å². The summed E-state index contributed by atoms with van der Waals surface area (Å²) in [6.45, 7) is 3.08. The van der Waals surface area contributed by atoms with E-state index < -0.39 is 0 Å². The van der Waals surface area contributed by atoms with Crippen molar-refractivity contribution in [1.82, 2.24) is 4.90 Å². The second kappa shape index (κ2) is 5.21. The fourth-order valence-electron chi connectivity index (χ4n) is 2.59. The van der Waals surface area contributed by atoms with Crippen LogP contribution in [0.2, 0.25) is 0 Å². The van der Waals surface area contributed by atoms with Crippen LogP contribution in [0.5, 0.6) is 0 Å². The van der Waals surface area contributed by atoms with Gasteiger partial charge in [-0.05, 0) is 25.3 Å². The van der Waals surface area contributed by atoms with Crippen LogP contribution in [-0.2, 0) is 16.1 Å². The maximum Gasteiger partial charge on any atom is 0.410 e. The van der Waals surface area contributed by atoms with Gasteiger partial charge < -0.3 is 14.4 Å². The molecule has 102 valence electrons. The number of hydrogen-bond acceptors (Lipinski definition) is 3. The largest absolute Gasteiger partial charge is 0.445 e. The van der Waals surface area contributed by atoms with Crippen molar-refractivity contribution in [2.75, 3.05) is 6.54 Å². The molecule has 2 saturated heterocycles. The monoisotopic (exact) mass is 261 g/mol. The first-order chi connectivity index (χ1) is 9.24. The average molecular weight is 261 g/mol. The molecule has 3 rings (SSSR count). The number of ether oxygens (including phenoxy) is 2. The van der Waals surface area contributed by atoms with Gasteiger partial charge in [-0.3, -0.25) is 0 Å². The van der Waals surface area contributed by atoms with Gasteiger partial charge in [0.2, 0.25) is 0 Å². The highest BCUT2D eigenvalue weighted by molar-refractivity contribution is 5.68. The smallest absolute Gasteiger partial charge is 0.410 e. The predicted molar refractivity (Wildman–Crippen MR) is 70.7 cm³/mol. The molecule has 0 bridgehead atoms. The minimum absolute atomic E-state index is 0.229. The Morgan fingerprint density at radius 3 is 2.89 bits per heavy atom. The van der Waals surface area contributed by atoms with Crippen molar-refractivity contribution in [3.05, 3.63) is 35.9 Å². The maximum absolute atomic E-state index is 12.1. The average Bonchev–Trinajstić information content (AvgIpc) is 3.19. The molecule has 0 N–H and O–H groups in total. The Morgan fingerprint density at radius 2 is 2.11 bits per heavy atom. The fraction of sp³-hybridized carbons (Fsp3) is 0.533. The molecule has 0 aliphatic carbocycles. The Balaban J connectivity index is 1.56. The Hall–Kier alpha value is -1.55. The van der Waals surface area contributed by atoms with Crippen molar-refractivity contribution in [2.24, 2.45) is 0 Å². The summed E-state index contributed by atoms with van der Waals surface area (Å²) in [5.74, 6) is 0. The lowest BCUT2D eigenvalue weighted by Crippen LogP contribution is -2.40. The van der Waals surface area contributed by atoms with E-state index in [4.69, 9.17) is 9.47 Å². The third kappa shape index (κ3) is 2.89. The van der Waals surface area contributed by atoms with Gasteiger partial charge in [-0.1, -0.05) is 30.3 Å². The normalized spacial score (nSPS) is 29.3. The van der Waals surface area contributed by atoms with Gasteiger partial charge in [0.1, 0.15) is 12.7 Å². The maximum atomic E-state index is 12.1. The highest BCUT2D eigenvalue weighted by atomic mass is 16.6. The lowest BCUT2D eigenvalue weighted by atomic mass is 10.1. The summed E-state index contributed by atoms with van der Waals surface area (Å²) in [6, 6.07) is 9.99. The fourth-order valence-corrected chi connectivity index (χ4v) is 2.59. The topological polar surface area (TPSA) is 42.1 Å². The Bertz CT molecular complexity index is 448. The lowest BCUT2D eigenvalue weighted by molar-refractivity contribution is 0.0774. The van der Waals surface area contributed by atoms with Crippen molar-refractivity contribution < 1.29 is 14.3 Å². The van der Waals surface area contributed by atoms with Crippen LogP contribution in [0, 0.1) is 0 Å². The van der Waals surface area contributed by atoms with Gasteiger partial charge in [-0.15, -0.1) is 0 Å². The molecular formula is C15H19NO3. The first-order valence-electron chi connectivity index (χ1n) is 6.87. The molecule has 1 aromatic carbocycles. The van der Waals surface area contributed by atoms with Crippen molar-refractivity contribution in [3.63, 3.8) is 0 Å². The summed E-state index contributed by atoms with van der Waals surface area (Å²) >= 11 is 0.